The molecule has 0 aromatic carbocycles. The Morgan fingerprint density at radius 1 is 0.935 bits per heavy atom. The van der Waals surface area contributed by atoms with E-state index < -0.39 is 0 Å². The minimum Gasteiger partial charge on any atom is -0.459 e. The van der Waals surface area contributed by atoms with Gasteiger partial charge in [-0.3, -0.25) is 0 Å². The molecular formula is C41H75NO4. The zero-order chi connectivity index (χ0) is 34.3. The van der Waals surface area contributed by atoms with Gasteiger partial charge in [0.1, 0.15) is 6.10 Å². The second kappa shape index (κ2) is 20.2. The van der Waals surface area contributed by atoms with Crippen LogP contribution in [0.1, 0.15) is 139 Å². The van der Waals surface area contributed by atoms with E-state index in [0.717, 1.165) is 67.9 Å². The molecule has 4 rings (SSSR count). The van der Waals surface area contributed by atoms with Crippen LogP contribution in [0.15, 0.2) is 23.9 Å². The normalized spacial score (nSPS) is 31.6. The van der Waals surface area contributed by atoms with E-state index in [-0.39, 0.29) is 17.5 Å². The van der Waals surface area contributed by atoms with Crippen molar-refractivity contribution >= 4 is 5.97 Å². The molecule has 7 unspecified atom stereocenters. The maximum atomic E-state index is 12.7. The Morgan fingerprint density at radius 3 is 2.20 bits per heavy atom. The number of carbonyl (C=O) groups is 1. The quantitative estimate of drug-likeness (QED) is 0.0814. The fourth-order valence-corrected chi connectivity index (χ4v) is 9.30. The first-order valence-corrected chi connectivity index (χ1v) is 19.2. The second-order valence-corrected chi connectivity index (χ2v) is 16.1. The number of hydrogen-bond donors (Lipinski definition) is 0. The van der Waals surface area contributed by atoms with Crippen molar-refractivity contribution in [3.8, 4) is 0 Å². The molecule has 0 heterocycles. The van der Waals surface area contributed by atoms with Crippen LogP contribution in [0.2, 0.25) is 0 Å². The molecule has 0 amide bonds. The minimum atomic E-state index is -0.235. The van der Waals surface area contributed by atoms with Gasteiger partial charge in [0.25, 0.3) is 0 Å². The van der Waals surface area contributed by atoms with Crippen LogP contribution in [-0.2, 0) is 19.0 Å². The third kappa shape index (κ3) is 11.4. The van der Waals surface area contributed by atoms with Crippen molar-refractivity contribution in [2.45, 2.75) is 145 Å². The monoisotopic (exact) mass is 646 g/mol. The lowest BCUT2D eigenvalue weighted by Gasteiger charge is -2.58. The van der Waals surface area contributed by atoms with Gasteiger partial charge in [0.2, 0.25) is 0 Å². The van der Waals surface area contributed by atoms with Crippen LogP contribution in [0, 0.1) is 46.3 Å². The molecule has 0 aromatic rings. The van der Waals surface area contributed by atoms with E-state index in [4.69, 9.17) is 14.2 Å². The number of hydrogen-bond acceptors (Lipinski definition) is 5. The average molecular weight is 646 g/mol. The lowest BCUT2D eigenvalue weighted by molar-refractivity contribution is -0.145. The summed E-state index contributed by atoms with van der Waals surface area (Å²) in [7, 11) is 3.38. The molecule has 3 saturated carbocycles. The van der Waals surface area contributed by atoms with Crippen LogP contribution in [0.3, 0.4) is 0 Å². The molecule has 46 heavy (non-hydrogen) atoms. The number of allylic oxidation sites excluding steroid dienone is 1. The Balaban J connectivity index is 0.00000114. The Bertz CT molecular complexity index is 917. The lowest BCUT2D eigenvalue weighted by Crippen LogP contribution is -2.50. The fraction of sp³-hybridized carbons (Fsp3) is 0.878. The molecule has 0 spiro atoms. The summed E-state index contributed by atoms with van der Waals surface area (Å²) in [5, 5.41) is 0. The van der Waals surface area contributed by atoms with Crippen molar-refractivity contribution in [3.63, 3.8) is 0 Å². The Hall–Kier alpha value is -1.33. The molecule has 0 saturated heterocycles. The molecule has 0 radical (unpaired) electrons. The van der Waals surface area contributed by atoms with Crippen molar-refractivity contribution in [2.24, 2.45) is 46.3 Å². The predicted octanol–water partition coefficient (Wildman–Crippen LogP) is 10.5. The van der Waals surface area contributed by atoms with E-state index in [0.29, 0.717) is 18.6 Å². The smallest absolute Gasteiger partial charge is 0.332 e. The molecule has 0 aliphatic heterocycles. The molecule has 7 atom stereocenters. The highest BCUT2D eigenvalue weighted by molar-refractivity contribution is 5.82. The van der Waals surface area contributed by atoms with Crippen molar-refractivity contribution in [1.29, 1.82) is 0 Å². The van der Waals surface area contributed by atoms with E-state index in [9.17, 15) is 4.79 Å². The van der Waals surface area contributed by atoms with Crippen LogP contribution in [-0.4, -0.2) is 57.5 Å². The number of ether oxygens (including phenoxy) is 3. The van der Waals surface area contributed by atoms with Crippen molar-refractivity contribution < 1.29 is 19.0 Å². The maximum absolute atomic E-state index is 12.7. The van der Waals surface area contributed by atoms with Gasteiger partial charge in [-0.2, -0.15) is 0 Å². The molecular weight excluding hydrogens is 570 g/mol. The standard InChI is InChI=1S/C35H59NO4.C4H10.C2H6/c1-26(2)9-7-8-10-27-12-14-31-30-13-11-28-25-29(15-18-35(28,4)32(30)16-19-34(27,31)3)40-33(37)17-20-36(21-23-38-5)22-24-39-6;1-4(2)3;1-2/h11,17,20,26-27,29-32H,7-10,12-16,18-19,21-25H2,1-6H3;4H,1-3H3;1-2H3/b20-17+;;. The van der Waals surface area contributed by atoms with Gasteiger partial charge in [-0.1, -0.05) is 93.2 Å². The number of unbranched alkanes of at least 4 members (excludes halogenated alkanes) is 1. The van der Waals surface area contributed by atoms with E-state index in [1.807, 2.05) is 24.9 Å². The van der Waals surface area contributed by atoms with Gasteiger partial charge in [-0.05, 0) is 97.7 Å². The summed E-state index contributed by atoms with van der Waals surface area (Å²) < 4.78 is 16.4. The summed E-state index contributed by atoms with van der Waals surface area (Å²) in [6.45, 7) is 23.1. The molecule has 3 fully saturated rings. The van der Waals surface area contributed by atoms with E-state index in [2.05, 4.69) is 54.5 Å². The van der Waals surface area contributed by atoms with Crippen LogP contribution in [0.5, 0.6) is 0 Å². The molecule has 5 heteroatoms. The topological polar surface area (TPSA) is 48.0 Å². The highest BCUT2D eigenvalue weighted by Gasteiger charge is 2.58. The van der Waals surface area contributed by atoms with E-state index >= 15 is 0 Å². The average Bonchev–Trinajstić information content (AvgIpc) is 3.35. The van der Waals surface area contributed by atoms with Gasteiger partial charge in [0.15, 0.2) is 0 Å². The first-order chi connectivity index (χ1) is 21.9. The summed E-state index contributed by atoms with van der Waals surface area (Å²) in [6, 6.07) is 0. The van der Waals surface area contributed by atoms with Crippen LogP contribution >= 0.6 is 0 Å². The van der Waals surface area contributed by atoms with Gasteiger partial charge in [0.05, 0.1) is 13.2 Å². The van der Waals surface area contributed by atoms with Gasteiger partial charge >= 0.3 is 5.97 Å². The zero-order valence-electron chi connectivity index (χ0n) is 32.2. The van der Waals surface area contributed by atoms with Crippen molar-refractivity contribution in [2.75, 3.05) is 40.5 Å². The van der Waals surface area contributed by atoms with Gasteiger partial charge in [-0.15, -0.1) is 0 Å². The van der Waals surface area contributed by atoms with E-state index in [1.54, 1.807) is 25.9 Å². The summed E-state index contributed by atoms with van der Waals surface area (Å²) in [4.78, 5) is 14.8. The summed E-state index contributed by atoms with van der Waals surface area (Å²) in [6.07, 6.45) is 21.7. The number of rotatable bonds is 14. The van der Waals surface area contributed by atoms with E-state index in [1.165, 1.54) is 57.8 Å². The first kappa shape index (κ1) is 40.8. The number of methoxy groups -OCH3 is 2. The lowest BCUT2D eigenvalue weighted by atomic mass is 9.47. The first-order valence-electron chi connectivity index (χ1n) is 19.2. The largest absolute Gasteiger partial charge is 0.459 e. The Labute approximate surface area is 285 Å². The van der Waals surface area contributed by atoms with Crippen LogP contribution < -0.4 is 0 Å². The van der Waals surface area contributed by atoms with Gasteiger partial charge < -0.3 is 19.1 Å². The Morgan fingerprint density at radius 2 is 1.59 bits per heavy atom. The van der Waals surface area contributed by atoms with Crippen LogP contribution in [0.4, 0.5) is 0 Å². The number of carbonyl (C=O) groups excluding carboxylic acids is 1. The summed E-state index contributed by atoms with van der Waals surface area (Å²) in [5.41, 5.74) is 2.42. The maximum Gasteiger partial charge on any atom is 0.332 e. The molecule has 4 aliphatic carbocycles. The molecule has 0 bridgehead atoms. The SMILES string of the molecule is CC.CC(C)C.COCCN(/C=C/C(=O)OC1CCC2(C)C(=CCC3C2CCC2(C)C(CCCCC(C)C)CCC32)C1)CCOC. The van der Waals surface area contributed by atoms with Gasteiger partial charge in [0, 0.05) is 46.0 Å². The second-order valence-electron chi connectivity index (χ2n) is 16.1. The summed E-state index contributed by atoms with van der Waals surface area (Å²) in [5.74, 6) is 4.92. The van der Waals surface area contributed by atoms with Crippen molar-refractivity contribution in [1.82, 2.24) is 4.90 Å². The third-order valence-corrected chi connectivity index (χ3v) is 11.7. The van der Waals surface area contributed by atoms with Crippen LogP contribution in [0.25, 0.3) is 0 Å². The Kier molecular flexibility index (Phi) is 18.0. The van der Waals surface area contributed by atoms with Gasteiger partial charge in [-0.25, -0.2) is 4.79 Å². The molecule has 0 aromatic heterocycles. The number of nitrogens with zero attached hydrogens (tertiary/aromatic N) is 1. The highest BCUT2D eigenvalue weighted by Crippen LogP contribution is 2.66. The van der Waals surface area contributed by atoms with Crippen molar-refractivity contribution in [3.05, 3.63) is 23.9 Å². The molecule has 5 nitrogen and oxygen atoms in total. The molecule has 268 valence electrons. The number of esters is 1. The predicted molar refractivity (Wildman–Crippen MR) is 195 cm³/mol. The summed E-state index contributed by atoms with van der Waals surface area (Å²) >= 11 is 0. The zero-order valence-corrected chi connectivity index (χ0v) is 32.2. The minimum absolute atomic E-state index is 0.00465. The fourth-order valence-electron chi connectivity index (χ4n) is 9.30. The number of fused-ring (bicyclic) bond motifs is 5. The molecule has 4 aliphatic rings. The highest BCUT2D eigenvalue weighted by atomic mass is 16.5. The third-order valence-electron chi connectivity index (χ3n) is 11.7. The molecule has 0 N–H and O–H groups in total.